The normalized spacial score (nSPS) is 10.8. The van der Waals surface area contributed by atoms with Crippen molar-refractivity contribution in [1.29, 1.82) is 0 Å². The monoisotopic (exact) mass is 268 g/mol. The molecule has 0 aliphatic heterocycles. The van der Waals surface area contributed by atoms with Gasteiger partial charge in [0.2, 0.25) is 0 Å². The van der Waals surface area contributed by atoms with Crippen LogP contribution in [-0.4, -0.2) is 6.61 Å². The minimum absolute atomic E-state index is 0.704. The van der Waals surface area contributed by atoms with Crippen LogP contribution in [0.5, 0.6) is 5.75 Å². The van der Waals surface area contributed by atoms with E-state index in [-0.39, 0.29) is 0 Å². The molecule has 0 aliphatic rings. The molecular weight excluding hydrogens is 244 g/mol. The van der Waals surface area contributed by atoms with Gasteiger partial charge in [0.15, 0.2) is 0 Å². The minimum Gasteiger partial charge on any atom is -0.494 e. The zero-order valence-electron chi connectivity index (χ0n) is 12.7. The predicted octanol–water partition coefficient (Wildman–Crippen LogP) is 5.34. The van der Waals surface area contributed by atoms with E-state index in [0.29, 0.717) is 5.92 Å². The number of benzene rings is 2. The Morgan fingerprint density at radius 3 is 1.90 bits per heavy atom. The Kier molecular flexibility index (Phi) is 5.23. The topological polar surface area (TPSA) is 9.23 Å². The van der Waals surface area contributed by atoms with Crippen LogP contribution in [0.25, 0.3) is 11.1 Å². The highest BCUT2D eigenvalue weighted by Crippen LogP contribution is 2.23. The summed E-state index contributed by atoms with van der Waals surface area (Å²) in [6.07, 6.45) is 2.18. The Balaban J connectivity index is 2.07. The summed E-state index contributed by atoms with van der Waals surface area (Å²) in [6, 6.07) is 17.2. The molecule has 2 rings (SSSR count). The van der Waals surface area contributed by atoms with Crippen molar-refractivity contribution >= 4 is 0 Å². The zero-order chi connectivity index (χ0) is 14.4. The van der Waals surface area contributed by atoms with Crippen LogP contribution in [0.3, 0.4) is 0 Å². The van der Waals surface area contributed by atoms with Crippen molar-refractivity contribution in [2.45, 2.75) is 33.6 Å². The van der Waals surface area contributed by atoms with Crippen LogP contribution in [0.2, 0.25) is 0 Å². The van der Waals surface area contributed by atoms with Crippen LogP contribution in [0.4, 0.5) is 0 Å². The van der Waals surface area contributed by atoms with Crippen molar-refractivity contribution in [1.82, 2.24) is 0 Å². The first-order valence-electron chi connectivity index (χ1n) is 7.51. The lowest BCUT2D eigenvalue weighted by atomic mass is 9.99. The van der Waals surface area contributed by atoms with Crippen LogP contribution < -0.4 is 4.74 Å². The third-order valence-corrected chi connectivity index (χ3v) is 3.26. The van der Waals surface area contributed by atoms with Gasteiger partial charge in [0, 0.05) is 0 Å². The van der Waals surface area contributed by atoms with E-state index in [9.17, 15) is 0 Å². The van der Waals surface area contributed by atoms with Crippen molar-refractivity contribution in [3.05, 3.63) is 54.1 Å². The lowest BCUT2D eigenvalue weighted by molar-refractivity contribution is 0.317. The van der Waals surface area contributed by atoms with Gasteiger partial charge in [-0.25, -0.2) is 0 Å². The smallest absolute Gasteiger partial charge is 0.119 e. The van der Waals surface area contributed by atoms with E-state index in [2.05, 4.69) is 57.2 Å². The highest BCUT2D eigenvalue weighted by Gasteiger charge is 2.01. The average Bonchev–Trinajstić information content (AvgIpc) is 2.46. The van der Waals surface area contributed by atoms with Gasteiger partial charge in [-0.05, 0) is 47.6 Å². The third kappa shape index (κ3) is 4.12. The Bertz CT molecular complexity index is 508. The van der Waals surface area contributed by atoms with Crippen molar-refractivity contribution in [2.24, 2.45) is 5.92 Å². The van der Waals surface area contributed by atoms with Crippen LogP contribution in [0, 0.1) is 5.92 Å². The fourth-order valence-electron chi connectivity index (χ4n) is 2.27. The first-order valence-corrected chi connectivity index (χ1v) is 7.51. The predicted molar refractivity (Wildman–Crippen MR) is 86.2 cm³/mol. The number of ether oxygens (including phenoxy) is 1. The lowest BCUT2D eigenvalue weighted by Gasteiger charge is -2.08. The molecule has 1 nitrogen and oxygen atoms in total. The SMILES string of the molecule is CCCOc1ccc(-c2ccc(CC(C)C)cc2)cc1. The second-order valence-electron chi connectivity index (χ2n) is 5.67. The molecule has 0 aromatic heterocycles. The molecule has 0 spiro atoms. The van der Waals surface area contributed by atoms with E-state index in [0.717, 1.165) is 25.2 Å². The van der Waals surface area contributed by atoms with Crippen LogP contribution >= 0.6 is 0 Å². The number of hydrogen-bond acceptors (Lipinski definition) is 1. The van der Waals surface area contributed by atoms with Crippen molar-refractivity contribution in [3.63, 3.8) is 0 Å². The molecule has 0 fully saturated rings. The molecule has 0 bridgehead atoms. The summed E-state index contributed by atoms with van der Waals surface area (Å²) >= 11 is 0. The number of hydrogen-bond donors (Lipinski definition) is 0. The molecule has 0 amide bonds. The molecule has 2 aromatic carbocycles. The molecule has 0 saturated carbocycles. The highest BCUT2D eigenvalue weighted by atomic mass is 16.5. The Morgan fingerprint density at radius 1 is 0.850 bits per heavy atom. The van der Waals surface area contributed by atoms with Gasteiger partial charge in [0.05, 0.1) is 6.61 Å². The van der Waals surface area contributed by atoms with Gasteiger partial charge in [-0.3, -0.25) is 0 Å². The summed E-state index contributed by atoms with van der Waals surface area (Å²) < 4.78 is 5.61. The second-order valence-corrected chi connectivity index (χ2v) is 5.67. The maximum atomic E-state index is 5.61. The summed E-state index contributed by atoms with van der Waals surface area (Å²) in [4.78, 5) is 0. The molecule has 0 saturated heterocycles. The molecule has 106 valence electrons. The van der Waals surface area contributed by atoms with E-state index < -0.39 is 0 Å². The highest BCUT2D eigenvalue weighted by molar-refractivity contribution is 5.64. The first-order chi connectivity index (χ1) is 9.69. The van der Waals surface area contributed by atoms with Crippen molar-refractivity contribution < 1.29 is 4.74 Å². The maximum absolute atomic E-state index is 5.61. The second kappa shape index (κ2) is 7.14. The van der Waals surface area contributed by atoms with E-state index >= 15 is 0 Å². The van der Waals surface area contributed by atoms with E-state index in [1.54, 1.807) is 0 Å². The Morgan fingerprint density at radius 2 is 1.40 bits per heavy atom. The van der Waals surface area contributed by atoms with Gasteiger partial charge in [-0.15, -0.1) is 0 Å². The van der Waals surface area contributed by atoms with Gasteiger partial charge >= 0.3 is 0 Å². The van der Waals surface area contributed by atoms with Gasteiger partial charge in [-0.1, -0.05) is 57.2 Å². The minimum atomic E-state index is 0.704. The van der Waals surface area contributed by atoms with Gasteiger partial charge in [0.1, 0.15) is 5.75 Å². The summed E-state index contributed by atoms with van der Waals surface area (Å²) in [7, 11) is 0. The first kappa shape index (κ1) is 14.6. The Labute approximate surface area is 122 Å². The van der Waals surface area contributed by atoms with Gasteiger partial charge in [0.25, 0.3) is 0 Å². The molecule has 1 heteroatoms. The van der Waals surface area contributed by atoms with E-state index in [1.165, 1.54) is 16.7 Å². The maximum Gasteiger partial charge on any atom is 0.119 e. The average molecular weight is 268 g/mol. The lowest BCUT2D eigenvalue weighted by Crippen LogP contribution is -1.94. The molecular formula is C19H24O. The summed E-state index contributed by atoms with van der Waals surface area (Å²) in [6.45, 7) is 7.40. The van der Waals surface area contributed by atoms with Gasteiger partial charge in [-0.2, -0.15) is 0 Å². The molecule has 0 atom stereocenters. The molecule has 0 unspecified atom stereocenters. The largest absolute Gasteiger partial charge is 0.494 e. The van der Waals surface area contributed by atoms with E-state index in [4.69, 9.17) is 4.74 Å². The molecule has 20 heavy (non-hydrogen) atoms. The molecule has 0 N–H and O–H groups in total. The van der Waals surface area contributed by atoms with Crippen molar-refractivity contribution in [3.8, 4) is 16.9 Å². The fraction of sp³-hybridized carbons (Fsp3) is 0.368. The fourth-order valence-corrected chi connectivity index (χ4v) is 2.27. The zero-order valence-corrected chi connectivity index (χ0v) is 12.7. The standard InChI is InChI=1S/C19H24O/c1-4-13-20-19-11-9-18(10-12-19)17-7-5-16(6-8-17)14-15(2)3/h5-12,15H,4,13-14H2,1-3H3. The van der Waals surface area contributed by atoms with Crippen molar-refractivity contribution in [2.75, 3.05) is 6.61 Å². The number of rotatable bonds is 6. The summed E-state index contributed by atoms with van der Waals surface area (Å²) in [5, 5.41) is 0. The van der Waals surface area contributed by atoms with Crippen LogP contribution in [-0.2, 0) is 6.42 Å². The van der Waals surface area contributed by atoms with Gasteiger partial charge < -0.3 is 4.74 Å². The third-order valence-electron chi connectivity index (χ3n) is 3.26. The molecule has 2 aromatic rings. The quantitative estimate of drug-likeness (QED) is 0.687. The van der Waals surface area contributed by atoms with Crippen LogP contribution in [0.1, 0.15) is 32.8 Å². The molecule has 0 radical (unpaired) electrons. The summed E-state index contributed by atoms with van der Waals surface area (Å²) in [5.74, 6) is 1.66. The molecule has 0 heterocycles. The molecule has 0 aliphatic carbocycles. The van der Waals surface area contributed by atoms with E-state index in [1.807, 2.05) is 12.1 Å². The summed E-state index contributed by atoms with van der Waals surface area (Å²) in [5.41, 5.74) is 3.91. The van der Waals surface area contributed by atoms with Crippen LogP contribution in [0.15, 0.2) is 48.5 Å². The Hall–Kier alpha value is -1.76.